The van der Waals surface area contributed by atoms with Crippen molar-refractivity contribution in [2.75, 3.05) is 11.1 Å². The molecule has 2 rings (SSSR count). The van der Waals surface area contributed by atoms with Crippen LogP contribution in [-0.2, 0) is 0 Å². The highest BCUT2D eigenvalue weighted by molar-refractivity contribution is 5.67. The van der Waals surface area contributed by atoms with E-state index in [0.29, 0.717) is 0 Å². The van der Waals surface area contributed by atoms with Crippen molar-refractivity contribution >= 4 is 23.0 Å². The summed E-state index contributed by atoms with van der Waals surface area (Å²) in [6.07, 6.45) is 0. The Kier molecular flexibility index (Phi) is 3.28. The summed E-state index contributed by atoms with van der Waals surface area (Å²) < 4.78 is 13.6. The lowest BCUT2D eigenvalue weighted by Crippen LogP contribution is -2.03. The van der Waals surface area contributed by atoms with Crippen LogP contribution in [0.3, 0.4) is 0 Å². The van der Waals surface area contributed by atoms with Crippen LogP contribution in [0.1, 0.15) is 5.56 Å². The van der Waals surface area contributed by atoms with E-state index >= 15 is 0 Å². The average molecular weight is 262 g/mol. The number of hydrogen-bond acceptors (Lipinski definition) is 5. The van der Waals surface area contributed by atoms with Gasteiger partial charge in [0.25, 0.3) is 0 Å². The van der Waals surface area contributed by atoms with Crippen molar-refractivity contribution < 1.29 is 9.31 Å². The highest BCUT2D eigenvalue weighted by Crippen LogP contribution is 2.28. The van der Waals surface area contributed by atoms with Crippen LogP contribution in [-0.4, -0.2) is 9.91 Å². The molecule has 7 heteroatoms. The molecule has 0 unspecified atom stereocenters. The summed E-state index contributed by atoms with van der Waals surface area (Å²) in [6, 6.07) is 6.94. The fourth-order valence-corrected chi connectivity index (χ4v) is 1.57. The zero-order valence-electron chi connectivity index (χ0n) is 10.1. The van der Waals surface area contributed by atoms with Crippen LogP contribution < -0.4 is 11.1 Å². The van der Waals surface area contributed by atoms with Crippen molar-refractivity contribution in [2.24, 2.45) is 0 Å². The van der Waals surface area contributed by atoms with E-state index in [-0.39, 0.29) is 23.0 Å². The van der Waals surface area contributed by atoms with Gasteiger partial charge in [-0.25, -0.2) is 9.37 Å². The molecule has 2 aromatic rings. The monoisotopic (exact) mass is 262 g/mol. The molecule has 1 aromatic carbocycles. The number of nitrogens with zero attached hydrogens (tertiary/aromatic N) is 2. The number of aromatic nitrogens is 1. The van der Waals surface area contributed by atoms with Gasteiger partial charge in [-0.15, -0.1) is 0 Å². The summed E-state index contributed by atoms with van der Waals surface area (Å²) in [5.41, 5.74) is 6.14. The number of nitro groups is 1. The van der Waals surface area contributed by atoms with Gasteiger partial charge in [0.05, 0.1) is 10.6 Å². The van der Waals surface area contributed by atoms with Gasteiger partial charge in [0.2, 0.25) is 5.82 Å². The minimum atomic E-state index is -0.609. The van der Waals surface area contributed by atoms with E-state index < -0.39 is 10.7 Å². The molecule has 0 aliphatic heterocycles. The predicted octanol–water partition coefficient (Wildman–Crippen LogP) is 2.76. The van der Waals surface area contributed by atoms with Crippen LogP contribution in [0.25, 0.3) is 0 Å². The van der Waals surface area contributed by atoms with Gasteiger partial charge in [-0.3, -0.25) is 10.1 Å². The number of anilines is 3. The maximum Gasteiger partial charge on any atom is 0.311 e. The molecule has 0 saturated carbocycles. The molecule has 0 bridgehead atoms. The third-order valence-electron chi connectivity index (χ3n) is 2.47. The molecule has 3 N–H and O–H groups in total. The zero-order chi connectivity index (χ0) is 14.0. The maximum atomic E-state index is 13.6. The third kappa shape index (κ3) is 2.76. The Bertz CT molecular complexity index is 646. The van der Waals surface area contributed by atoms with Crippen molar-refractivity contribution in [3.63, 3.8) is 0 Å². The molecule has 0 fully saturated rings. The van der Waals surface area contributed by atoms with E-state index in [9.17, 15) is 14.5 Å². The molecule has 0 amide bonds. The summed E-state index contributed by atoms with van der Waals surface area (Å²) in [4.78, 5) is 14.1. The molecule has 0 saturated heterocycles. The van der Waals surface area contributed by atoms with Gasteiger partial charge in [0.15, 0.2) is 0 Å². The van der Waals surface area contributed by atoms with E-state index in [1.54, 1.807) is 13.0 Å². The van der Waals surface area contributed by atoms with Gasteiger partial charge in [0.1, 0.15) is 11.6 Å². The molecule has 1 aromatic heterocycles. The number of nitrogen functional groups attached to an aromatic ring is 1. The first-order chi connectivity index (χ1) is 8.97. The van der Waals surface area contributed by atoms with Crippen molar-refractivity contribution in [2.45, 2.75) is 6.92 Å². The van der Waals surface area contributed by atoms with Crippen LogP contribution in [0.15, 0.2) is 30.3 Å². The van der Waals surface area contributed by atoms with Crippen LogP contribution in [0.4, 0.5) is 27.4 Å². The molecule has 0 spiro atoms. The van der Waals surface area contributed by atoms with Gasteiger partial charge in [-0.1, -0.05) is 6.07 Å². The summed E-state index contributed by atoms with van der Waals surface area (Å²) in [5, 5.41) is 13.5. The fourth-order valence-electron chi connectivity index (χ4n) is 1.57. The standard InChI is InChI=1S/C12H11FN4O2/c1-7-2-3-8(13)9(6-7)15-12-10(17(18)19)4-5-11(14)16-12/h2-6H,1H3,(H3,14,15,16). The van der Waals surface area contributed by atoms with Crippen LogP contribution in [0.2, 0.25) is 0 Å². The number of hydrogen-bond donors (Lipinski definition) is 2. The molecular weight excluding hydrogens is 251 g/mol. The lowest BCUT2D eigenvalue weighted by atomic mass is 10.2. The Hall–Kier alpha value is -2.70. The molecule has 0 radical (unpaired) electrons. The molecule has 6 nitrogen and oxygen atoms in total. The Balaban J connectivity index is 2.45. The second-order valence-electron chi connectivity index (χ2n) is 3.97. The first kappa shape index (κ1) is 12.7. The number of nitrogens with two attached hydrogens (primary N) is 1. The fraction of sp³-hybridized carbons (Fsp3) is 0.0833. The van der Waals surface area contributed by atoms with Crippen LogP contribution in [0, 0.1) is 22.9 Å². The van der Waals surface area contributed by atoms with Crippen LogP contribution >= 0.6 is 0 Å². The normalized spacial score (nSPS) is 10.2. The summed E-state index contributed by atoms with van der Waals surface area (Å²) in [6.45, 7) is 1.78. The third-order valence-corrected chi connectivity index (χ3v) is 2.47. The van der Waals surface area contributed by atoms with Gasteiger partial charge < -0.3 is 11.1 Å². The Morgan fingerprint density at radius 3 is 2.79 bits per heavy atom. The molecular formula is C12H11FN4O2. The minimum absolute atomic E-state index is 0.0884. The zero-order valence-corrected chi connectivity index (χ0v) is 10.1. The minimum Gasteiger partial charge on any atom is -0.384 e. The number of rotatable bonds is 3. The Morgan fingerprint density at radius 1 is 1.37 bits per heavy atom. The number of nitrogens with one attached hydrogen (secondary N) is 1. The maximum absolute atomic E-state index is 13.6. The molecule has 0 atom stereocenters. The predicted molar refractivity (Wildman–Crippen MR) is 69.7 cm³/mol. The number of benzene rings is 1. The molecule has 98 valence electrons. The van der Waals surface area contributed by atoms with E-state index in [0.717, 1.165) is 5.56 Å². The quantitative estimate of drug-likeness (QED) is 0.655. The molecule has 0 aliphatic carbocycles. The molecule has 0 aliphatic rings. The van der Waals surface area contributed by atoms with E-state index in [1.165, 1.54) is 24.3 Å². The average Bonchev–Trinajstić information content (AvgIpc) is 2.33. The van der Waals surface area contributed by atoms with Crippen molar-refractivity contribution in [1.29, 1.82) is 0 Å². The number of aryl methyl sites for hydroxylation is 1. The smallest absolute Gasteiger partial charge is 0.311 e. The Morgan fingerprint density at radius 2 is 2.11 bits per heavy atom. The second kappa shape index (κ2) is 4.89. The lowest BCUT2D eigenvalue weighted by Gasteiger charge is -2.08. The first-order valence-electron chi connectivity index (χ1n) is 5.41. The highest BCUT2D eigenvalue weighted by atomic mass is 19.1. The molecule has 1 heterocycles. The van der Waals surface area contributed by atoms with E-state index in [4.69, 9.17) is 5.73 Å². The number of halogens is 1. The summed E-state index contributed by atoms with van der Waals surface area (Å²) >= 11 is 0. The summed E-state index contributed by atoms with van der Waals surface area (Å²) in [7, 11) is 0. The van der Waals surface area contributed by atoms with Gasteiger partial charge in [-0.2, -0.15) is 0 Å². The first-order valence-corrected chi connectivity index (χ1v) is 5.41. The largest absolute Gasteiger partial charge is 0.384 e. The van der Waals surface area contributed by atoms with Gasteiger partial charge in [-0.05, 0) is 30.7 Å². The number of pyridine rings is 1. The SMILES string of the molecule is Cc1ccc(F)c(Nc2nc(N)ccc2[N+](=O)[O-])c1. The van der Waals surface area contributed by atoms with Crippen molar-refractivity contribution in [3.05, 3.63) is 51.8 Å². The van der Waals surface area contributed by atoms with E-state index in [2.05, 4.69) is 10.3 Å². The van der Waals surface area contributed by atoms with Crippen LogP contribution in [0.5, 0.6) is 0 Å². The highest BCUT2D eigenvalue weighted by Gasteiger charge is 2.16. The van der Waals surface area contributed by atoms with Crippen molar-refractivity contribution in [1.82, 2.24) is 4.98 Å². The van der Waals surface area contributed by atoms with Gasteiger partial charge in [0, 0.05) is 6.07 Å². The Labute approximate surface area is 108 Å². The summed E-state index contributed by atoms with van der Waals surface area (Å²) in [5.74, 6) is -0.500. The van der Waals surface area contributed by atoms with Crippen molar-refractivity contribution in [3.8, 4) is 0 Å². The lowest BCUT2D eigenvalue weighted by molar-refractivity contribution is -0.384. The van der Waals surface area contributed by atoms with E-state index in [1.807, 2.05) is 0 Å². The molecule has 19 heavy (non-hydrogen) atoms. The second-order valence-corrected chi connectivity index (χ2v) is 3.97. The topological polar surface area (TPSA) is 94.1 Å². The van der Waals surface area contributed by atoms with Gasteiger partial charge >= 0.3 is 5.69 Å².